The Morgan fingerprint density at radius 3 is 2.26 bits per heavy atom. The SMILES string of the molecule is CC(C(=O)Nc1ccc(Nc2ccccc2)cc1)n1cnc2ccccc21. The summed E-state index contributed by atoms with van der Waals surface area (Å²) in [6, 6.07) is 25.1. The van der Waals surface area contributed by atoms with Crippen molar-refractivity contribution in [3.8, 4) is 0 Å². The Hall–Kier alpha value is -3.60. The Morgan fingerprint density at radius 2 is 1.48 bits per heavy atom. The van der Waals surface area contributed by atoms with Crippen molar-refractivity contribution in [2.24, 2.45) is 0 Å². The van der Waals surface area contributed by atoms with Crippen molar-refractivity contribution in [3.05, 3.63) is 85.2 Å². The second kappa shape index (κ2) is 7.33. The lowest BCUT2D eigenvalue weighted by atomic mass is 10.2. The van der Waals surface area contributed by atoms with Gasteiger partial charge in [-0.25, -0.2) is 4.98 Å². The molecule has 0 bridgehead atoms. The molecule has 0 aliphatic rings. The number of rotatable bonds is 5. The number of imidazole rings is 1. The zero-order chi connectivity index (χ0) is 18.6. The average molecular weight is 356 g/mol. The number of fused-ring (bicyclic) bond motifs is 1. The summed E-state index contributed by atoms with van der Waals surface area (Å²) < 4.78 is 1.88. The highest BCUT2D eigenvalue weighted by molar-refractivity contribution is 5.94. The number of anilines is 3. The summed E-state index contributed by atoms with van der Waals surface area (Å²) in [5.74, 6) is -0.0816. The van der Waals surface area contributed by atoms with Crippen molar-refractivity contribution >= 4 is 34.0 Å². The Balaban J connectivity index is 1.44. The van der Waals surface area contributed by atoms with E-state index in [1.54, 1.807) is 6.33 Å². The van der Waals surface area contributed by atoms with Gasteiger partial charge >= 0.3 is 0 Å². The minimum atomic E-state index is -0.362. The largest absolute Gasteiger partial charge is 0.356 e. The number of hydrogen-bond donors (Lipinski definition) is 2. The maximum Gasteiger partial charge on any atom is 0.247 e. The third-order valence-corrected chi connectivity index (χ3v) is 4.49. The van der Waals surface area contributed by atoms with Gasteiger partial charge in [-0.1, -0.05) is 30.3 Å². The molecular formula is C22H20N4O. The molecule has 27 heavy (non-hydrogen) atoms. The maximum atomic E-state index is 12.7. The molecule has 4 rings (SSSR count). The van der Waals surface area contributed by atoms with E-state index >= 15 is 0 Å². The fraction of sp³-hybridized carbons (Fsp3) is 0.0909. The number of aromatic nitrogens is 2. The fourth-order valence-electron chi connectivity index (χ4n) is 2.98. The predicted octanol–water partition coefficient (Wildman–Crippen LogP) is 4.98. The number of nitrogens with one attached hydrogen (secondary N) is 2. The second-order valence-electron chi connectivity index (χ2n) is 6.37. The highest BCUT2D eigenvalue weighted by Crippen LogP contribution is 2.21. The van der Waals surface area contributed by atoms with Gasteiger partial charge in [-0.3, -0.25) is 4.79 Å². The Labute approximate surface area is 157 Å². The first-order valence-corrected chi connectivity index (χ1v) is 8.85. The van der Waals surface area contributed by atoms with Crippen LogP contribution in [0.5, 0.6) is 0 Å². The molecule has 0 fully saturated rings. The molecule has 1 aromatic heterocycles. The van der Waals surface area contributed by atoms with E-state index in [0.29, 0.717) is 0 Å². The highest BCUT2D eigenvalue weighted by Gasteiger charge is 2.17. The van der Waals surface area contributed by atoms with Gasteiger partial charge in [0.25, 0.3) is 0 Å². The van der Waals surface area contributed by atoms with E-state index in [0.717, 1.165) is 28.1 Å². The number of amides is 1. The molecule has 5 heteroatoms. The highest BCUT2D eigenvalue weighted by atomic mass is 16.2. The van der Waals surface area contributed by atoms with Gasteiger partial charge in [0, 0.05) is 17.1 Å². The van der Waals surface area contributed by atoms with Crippen molar-refractivity contribution in [3.63, 3.8) is 0 Å². The number of nitrogens with zero attached hydrogens (tertiary/aromatic N) is 2. The number of carbonyl (C=O) groups is 1. The van der Waals surface area contributed by atoms with Crippen molar-refractivity contribution < 1.29 is 4.79 Å². The van der Waals surface area contributed by atoms with E-state index in [-0.39, 0.29) is 11.9 Å². The molecule has 1 unspecified atom stereocenters. The Kier molecular flexibility index (Phi) is 4.58. The summed E-state index contributed by atoms with van der Waals surface area (Å²) in [5.41, 5.74) is 4.58. The number of hydrogen-bond acceptors (Lipinski definition) is 3. The van der Waals surface area contributed by atoms with Gasteiger partial charge in [0.2, 0.25) is 5.91 Å². The first-order valence-electron chi connectivity index (χ1n) is 8.85. The fourth-order valence-corrected chi connectivity index (χ4v) is 2.98. The Bertz CT molecular complexity index is 1050. The van der Waals surface area contributed by atoms with Crippen molar-refractivity contribution in [2.45, 2.75) is 13.0 Å². The van der Waals surface area contributed by atoms with Crippen molar-refractivity contribution in [2.75, 3.05) is 10.6 Å². The summed E-state index contributed by atoms with van der Waals surface area (Å²) in [4.78, 5) is 17.0. The third-order valence-electron chi connectivity index (χ3n) is 4.49. The summed E-state index contributed by atoms with van der Waals surface area (Å²) in [6.07, 6.45) is 1.71. The molecule has 0 aliphatic heterocycles. The summed E-state index contributed by atoms with van der Waals surface area (Å²) in [5, 5.41) is 6.30. The third kappa shape index (κ3) is 3.67. The minimum Gasteiger partial charge on any atom is -0.356 e. The Morgan fingerprint density at radius 1 is 0.852 bits per heavy atom. The molecule has 0 saturated carbocycles. The molecule has 1 atom stereocenters. The van der Waals surface area contributed by atoms with E-state index in [4.69, 9.17) is 0 Å². The molecule has 4 aromatic rings. The monoisotopic (exact) mass is 356 g/mol. The lowest BCUT2D eigenvalue weighted by molar-refractivity contribution is -0.118. The molecule has 0 radical (unpaired) electrons. The van der Waals surface area contributed by atoms with Gasteiger partial charge in [-0.15, -0.1) is 0 Å². The molecule has 2 N–H and O–H groups in total. The molecule has 134 valence electrons. The first kappa shape index (κ1) is 16.8. The maximum absolute atomic E-state index is 12.7. The molecule has 0 aliphatic carbocycles. The van der Waals surface area contributed by atoms with Crippen LogP contribution in [0, 0.1) is 0 Å². The lowest BCUT2D eigenvalue weighted by Crippen LogP contribution is -2.23. The summed E-state index contributed by atoms with van der Waals surface area (Å²) in [6.45, 7) is 1.87. The van der Waals surface area contributed by atoms with Gasteiger partial charge in [-0.2, -0.15) is 0 Å². The quantitative estimate of drug-likeness (QED) is 0.530. The van der Waals surface area contributed by atoms with E-state index in [9.17, 15) is 4.79 Å². The van der Waals surface area contributed by atoms with E-state index in [2.05, 4.69) is 15.6 Å². The second-order valence-corrected chi connectivity index (χ2v) is 6.37. The zero-order valence-corrected chi connectivity index (χ0v) is 15.0. The molecule has 1 heterocycles. The normalized spacial score (nSPS) is 11.9. The van der Waals surface area contributed by atoms with Crippen LogP contribution in [0.3, 0.4) is 0 Å². The summed E-state index contributed by atoms with van der Waals surface area (Å²) in [7, 11) is 0. The van der Waals surface area contributed by atoms with Crippen LogP contribution in [0.4, 0.5) is 17.1 Å². The minimum absolute atomic E-state index is 0.0816. The van der Waals surface area contributed by atoms with Crippen LogP contribution in [0.1, 0.15) is 13.0 Å². The van der Waals surface area contributed by atoms with Crippen molar-refractivity contribution in [1.29, 1.82) is 0 Å². The number of benzene rings is 3. The van der Waals surface area contributed by atoms with E-state index in [1.807, 2.05) is 90.4 Å². The van der Waals surface area contributed by atoms with Gasteiger partial charge in [-0.05, 0) is 55.5 Å². The van der Waals surface area contributed by atoms with Gasteiger partial charge in [0.1, 0.15) is 6.04 Å². The van der Waals surface area contributed by atoms with Crippen LogP contribution >= 0.6 is 0 Å². The number of para-hydroxylation sites is 3. The van der Waals surface area contributed by atoms with E-state index in [1.165, 1.54) is 0 Å². The van der Waals surface area contributed by atoms with Crippen LogP contribution < -0.4 is 10.6 Å². The molecule has 5 nitrogen and oxygen atoms in total. The van der Waals surface area contributed by atoms with Crippen molar-refractivity contribution in [1.82, 2.24) is 9.55 Å². The summed E-state index contributed by atoms with van der Waals surface area (Å²) >= 11 is 0. The molecular weight excluding hydrogens is 336 g/mol. The molecule has 3 aromatic carbocycles. The predicted molar refractivity (Wildman–Crippen MR) is 109 cm³/mol. The topological polar surface area (TPSA) is 59.0 Å². The van der Waals surface area contributed by atoms with Gasteiger partial charge in [0.05, 0.1) is 17.4 Å². The van der Waals surface area contributed by atoms with Crippen LogP contribution in [-0.4, -0.2) is 15.5 Å². The molecule has 1 amide bonds. The zero-order valence-electron chi connectivity index (χ0n) is 15.0. The average Bonchev–Trinajstić information content (AvgIpc) is 3.14. The smallest absolute Gasteiger partial charge is 0.247 e. The van der Waals surface area contributed by atoms with E-state index < -0.39 is 0 Å². The lowest BCUT2D eigenvalue weighted by Gasteiger charge is -2.15. The standard InChI is InChI=1S/C22H20N4O/c1-16(26-15-23-20-9-5-6-10-21(20)26)22(27)25-19-13-11-18(12-14-19)24-17-7-3-2-4-8-17/h2-16,24H,1H3,(H,25,27). The molecule has 0 saturated heterocycles. The van der Waals surface area contributed by atoms with Gasteiger partial charge < -0.3 is 15.2 Å². The first-order chi connectivity index (χ1) is 13.2. The number of carbonyl (C=O) groups excluding carboxylic acids is 1. The molecule has 0 spiro atoms. The van der Waals surface area contributed by atoms with Gasteiger partial charge in [0.15, 0.2) is 0 Å². The van der Waals surface area contributed by atoms with Crippen LogP contribution in [-0.2, 0) is 4.79 Å². The van der Waals surface area contributed by atoms with Crippen LogP contribution in [0.25, 0.3) is 11.0 Å². The van der Waals surface area contributed by atoms with Crippen LogP contribution in [0.15, 0.2) is 85.2 Å². The van der Waals surface area contributed by atoms with Crippen LogP contribution in [0.2, 0.25) is 0 Å².